The Balaban J connectivity index is 2.49. The Morgan fingerprint density at radius 2 is 2.08 bits per heavy atom. The van der Waals surface area contributed by atoms with Crippen molar-refractivity contribution < 1.29 is 19.2 Å². The van der Waals surface area contributed by atoms with E-state index in [2.05, 4.69) is 5.32 Å². The highest BCUT2D eigenvalue weighted by atomic mass is 32.1. The van der Waals surface area contributed by atoms with E-state index in [4.69, 9.17) is 21.7 Å². The summed E-state index contributed by atoms with van der Waals surface area (Å²) in [6.07, 6.45) is 0. The molecule has 1 atom stereocenters. The summed E-state index contributed by atoms with van der Waals surface area (Å²) in [6, 6.07) is 5.47. The second-order valence-corrected chi connectivity index (χ2v) is 5.77. The maximum Gasteiger partial charge on any atom is 0.338 e. The van der Waals surface area contributed by atoms with Crippen LogP contribution in [0.5, 0.6) is 0 Å². The Labute approximate surface area is 150 Å². The second-order valence-electron chi connectivity index (χ2n) is 5.39. The zero-order valence-corrected chi connectivity index (χ0v) is 15.0. The van der Waals surface area contributed by atoms with E-state index in [-0.39, 0.29) is 24.5 Å². The van der Waals surface area contributed by atoms with Gasteiger partial charge in [-0.15, -0.1) is 0 Å². The molecule has 1 heterocycles. The number of nitrogens with one attached hydrogen (secondary N) is 1. The lowest BCUT2D eigenvalue weighted by atomic mass is 9.94. The van der Waals surface area contributed by atoms with Crippen molar-refractivity contribution in [3.05, 3.63) is 51.2 Å². The van der Waals surface area contributed by atoms with Crippen LogP contribution in [0.1, 0.15) is 18.5 Å². The van der Waals surface area contributed by atoms with E-state index in [0.29, 0.717) is 16.4 Å². The molecule has 0 saturated heterocycles. The first-order valence-electron chi connectivity index (χ1n) is 7.52. The fourth-order valence-corrected chi connectivity index (χ4v) is 2.78. The van der Waals surface area contributed by atoms with Gasteiger partial charge in [-0.25, -0.2) is 4.79 Å². The smallest absolute Gasteiger partial charge is 0.338 e. The third kappa shape index (κ3) is 3.94. The quantitative estimate of drug-likeness (QED) is 0.269. The molecule has 2 rings (SSSR count). The van der Waals surface area contributed by atoms with Gasteiger partial charge in [-0.3, -0.25) is 10.1 Å². The number of benzene rings is 1. The van der Waals surface area contributed by atoms with Gasteiger partial charge >= 0.3 is 5.97 Å². The Kier molecular flexibility index (Phi) is 6.05. The van der Waals surface area contributed by atoms with Crippen molar-refractivity contribution in [2.24, 2.45) is 0 Å². The first kappa shape index (κ1) is 18.8. The van der Waals surface area contributed by atoms with E-state index < -0.39 is 16.9 Å². The molecule has 25 heavy (non-hydrogen) atoms. The van der Waals surface area contributed by atoms with Crippen LogP contribution in [0.25, 0.3) is 0 Å². The molecule has 8 nitrogen and oxygen atoms in total. The Morgan fingerprint density at radius 3 is 2.72 bits per heavy atom. The lowest BCUT2D eigenvalue weighted by Crippen LogP contribution is -2.46. The number of carbonyl (C=O) groups excluding carboxylic acids is 1. The molecule has 1 unspecified atom stereocenters. The van der Waals surface area contributed by atoms with Gasteiger partial charge in [-0.2, -0.15) is 0 Å². The van der Waals surface area contributed by atoms with Crippen LogP contribution in [0.2, 0.25) is 0 Å². The lowest BCUT2D eigenvalue weighted by molar-refractivity contribution is -0.385. The summed E-state index contributed by atoms with van der Waals surface area (Å²) in [7, 11) is 3.21. The Hall–Kier alpha value is -2.52. The van der Waals surface area contributed by atoms with Crippen LogP contribution < -0.4 is 5.32 Å². The minimum absolute atomic E-state index is 0.0872. The number of hydrogen-bond acceptors (Lipinski definition) is 6. The van der Waals surface area contributed by atoms with Gasteiger partial charge < -0.3 is 19.7 Å². The number of carbonyl (C=O) groups is 1. The molecule has 0 aromatic heterocycles. The number of methoxy groups -OCH3 is 1. The highest BCUT2D eigenvalue weighted by Gasteiger charge is 2.36. The minimum atomic E-state index is -0.764. The molecule has 0 bridgehead atoms. The Morgan fingerprint density at radius 1 is 1.40 bits per heavy atom. The molecule has 1 aromatic carbocycles. The summed E-state index contributed by atoms with van der Waals surface area (Å²) < 4.78 is 10.1. The predicted molar refractivity (Wildman–Crippen MR) is 94.9 cm³/mol. The van der Waals surface area contributed by atoms with Crippen LogP contribution in [-0.4, -0.2) is 48.3 Å². The van der Waals surface area contributed by atoms with E-state index in [1.165, 1.54) is 13.2 Å². The maximum absolute atomic E-state index is 12.6. The van der Waals surface area contributed by atoms with E-state index >= 15 is 0 Å². The van der Waals surface area contributed by atoms with Crippen molar-refractivity contribution in [2.45, 2.75) is 13.0 Å². The second kappa shape index (κ2) is 8.04. The molecule has 0 spiro atoms. The van der Waals surface area contributed by atoms with Gasteiger partial charge in [0.15, 0.2) is 5.11 Å². The molecule has 9 heteroatoms. The number of nitrogens with zero attached hydrogens (tertiary/aromatic N) is 2. The molecule has 0 amide bonds. The third-order valence-corrected chi connectivity index (χ3v) is 4.33. The average Bonchev–Trinajstić information content (AvgIpc) is 2.59. The minimum Gasteiger partial charge on any atom is -0.460 e. The van der Waals surface area contributed by atoms with Crippen LogP contribution in [0.4, 0.5) is 5.69 Å². The van der Waals surface area contributed by atoms with E-state index in [1.54, 1.807) is 37.1 Å². The van der Waals surface area contributed by atoms with E-state index in [9.17, 15) is 14.9 Å². The standard InChI is InChI=1S/C16H19N3O5S/c1-10-13(15(20)24-9-8-23-3)14(17-16(25)18(10)2)11-6-4-5-7-12(11)19(21)22/h4-7,14H,8-9H2,1-3H3,(H,17,25). The highest BCUT2D eigenvalue weighted by Crippen LogP contribution is 2.35. The topological polar surface area (TPSA) is 93.9 Å². The fourth-order valence-electron chi connectivity index (χ4n) is 2.53. The van der Waals surface area contributed by atoms with Crippen molar-refractivity contribution in [3.63, 3.8) is 0 Å². The molecule has 0 fully saturated rings. The molecule has 1 aromatic rings. The van der Waals surface area contributed by atoms with Gasteiger partial charge in [-0.1, -0.05) is 12.1 Å². The van der Waals surface area contributed by atoms with E-state index in [0.717, 1.165) is 0 Å². The molecule has 1 N–H and O–H groups in total. The maximum atomic E-state index is 12.6. The number of ether oxygens (including phenoxy) is 2. The van der Waals surface area contributed by atoms with Gasteiger partial charge in [0.2, 0.25) is 0 Å². The summed E-state index contributed by atoms with van der Waals surface area (Å²) in [6.45, 7) is 2.07. The molecule has 0 saturated carbocycles. The Bertz CT molecular complexity index is 734. The SMILES string of the molecule is COCCOC(=O)C1=C(C)N(C)C(=S)NC1c1ccccc1[N+](=O)[O-]. The van der Waals surface area contributed by atoms with E-state index in [1.807, 2.05) is 0 Å². The molecular formula is C16H19N3O5S. The predicted octanol–water partition coefficient (Wildman–Crippen LogP) is 1.92. The number of nitro benzene ring substituents is 1. The third-order valence-electron chi connectivity index (χ3n) is 3.94. The fraction of sp³-hybridized carbons (Fsp3) is 0.375. The number of esters is 1. The molecule has 0 radical (unpaired) electrons. The highest BCUT2D eigenvalue weighted by molar-refractivity contribution is 7.80. The van der Waals surface area contributed by atoms with Gasteiger partial charge in [-0.05, 0) is 25.2 Å². The normalized spacial score (nSPS) is 17.3. The van der Waals surface area contributed by atoms with Gasteiger partial charge in [0, 0.05) is 25.9 Å². The number of thiocarbonyl (C=S) groups is 1. The van der Waals surface area contributed by atoms with Crippen molar-refractivity contribution in [3.8, 4) is 0 Å². The molecule has 1 aliphatic rings. The van der Waals surface area contributed by atoms with Gasteiger partial charge in [0.1, 0.15) is 6.61 Å². The molecule has 1 aliphatic heterocycles. The van der Waals surface area contributed by atoms with Crippen LogP contribution in [-0.2, 0) is 14.3 Å². The zero-order chi connectivity index (χ0) is 18.6. The summed E-state index contributed by atoms with van der Waals surface area (Å²) in [5.41, 5.74) is 1.11. The summed E-state index contributed by atoms with van der Waals surface area (Å²) in [5.74, 6) is -0.570. The lowest BCUT2D eigenvalue weighted by Gasteiger charge is -2.35. The molecule has 134 valence electrons. The number of para-hydroxylation sites is 1. The van der Waals surface area contributed by atoms with Crippen molar-refractivity contribution in [1.29, 1.82) is 0 Å². The molecule has 0 aliphatic carbocycles. The van der Waals surface area contributed by atoms with Crippen molar-refractivity contribution in [2.75, 3.05) is 27.4 Å². The number of nitro groups is 1. The summed E-state index contributed by atoms with van der Waals surface area (Å²) >= 11 is 5.28. The van der Waals surface area contributed by atoms with Crippen LogP contribution >= 0.6 is 12.2 Å². The van der Waals surface area contributed by atoms with Gasteiger partial charge in [0.25, 0.3) is 5.69 Å². The number of hydrogen-bond donors (Lipinski definition) is 1. The van der Waals surface area contributed by atoms with Gasteiger partial charge in [0.05, 0.1) is 28.7 Å². The van der Waals surface area contributed by atoms with Crippen molar-refractivity contribution >= 4 is 29.0 Å². The monoisotopic (exact) mass is 365 g/mol. The first-order chi connectivity index (χ1) is 11.9. The van der Waals surface area contributed by atoms with Crippen LogP contribution in [0, 0.1) is 10.1 Å². The van der Waals surface area contributed by atoms with Crippen LogP contribution in [0.15, 0.2) is 35.5 Å². The summed E-state index contributed by atoms with van der Waals surface area (Å²) in [4.78, 5) is 25.1. The number of rotatable bonds is 6. The largest absolute Gasteiger partial charge is 0.460 e. The van der Waals surface area contributed by atoms with Crippen molar-refractivity contribution in [1.82, 2.24) is 10.2 Å². The molecular weight excluding hydrogens is 346 g/mol. The summed E-state index contributed by atoms with van der Waals surface area (Å²) in [5, 5.41) is 14.7. The average molecular weight is 365 g/mol. The van der Waals surface area contributed by atoms with Crippen LogP contribution in [0.3, 0.4) is 0 Å². The zero-order valence-electron chi connectivity index (χ0n) is 14.1. The number of allylic oxidation sites excluding steroid dienone is 1. The first-order valence-corrected chi connectivity index (χ1v) is 7.93.